The van der Waals surface area contributed by atoms with E-state index >= 15 is 0 Å². The van der Waals surface area contributed by atoms with Crippen molar-refractivity contribution in [2.75, 3.05) is 6.61 Å². The molecule has 2 N–H and O–H groups in total. The summed E-state index contributed by atoms with van der Waals surface area (Å²) in [4.78, 5) is 25.8. The fraction of sp³-hybridized carbons (Fsp3) is 0.167. The molecule has 0 radical (unpaired) electrons. The molecule has 3 heterocycles. The SMILES string of the molecule is Cn1ccc2c(C3=C(c4cn(CCCO)c5ccccc45)C(=O)NC3=O)cccc21. The lowest BCUT2D eigenvalue weighted by Crippen LogP contribution is -2.22. The van der Waals surface area contributed by atoms with Gasteiger partial charge in [-0.15, -0.1) is 0 Å². The highest BCUT2D eigenvalue weighted by Crippen LogP contribution is 2.38. The van der Waals surface area contributed by atoms with Crippen LogP contribution >= 0.6 is 0 Å². The Kier molecular flexibility index (Phi) is 4.29. The number of aliphatic hydroxyl groups excluding tert-OH is 1. The predicted octanol–water partition coefficient (Wildman–Crippen LogP) is 3.08. The van der Waals surface area contributed by atoms with Crippen molar-refractivity contribution in [3.8, 4) is 0 Å². The van der Waals surface area contributed by atoms with Crippen molar-refractivity contribution in [2.24, 2.45) is 7.05 Å². The summed E-state index contributed by atoms with van der Waals surface area (Å²) in [6.07, 6.45) is 4.47. The summed E-state index contributed by atoms with van der Waals surface area (Å²) in [6, 6.07) is 15.6. The van der Waals surface area contributed by atoms with Gasteiger partial charge in [-0.25, -0.2) is 0 Å². The Morgan fingerprint density at radius 1 is 0.867 bits per heavy atom. The maximum absolute atomic E-state index is 12.9. The van der Waals surface area contributed by atoms with E-state index in [4.69, 9.17) is 0 Å². The van der Waals surface area contributed by atoms with Crippen molar-refractivity contribution in [1.82, 2.24) is 14.5 Å². The highest BCUT2D eigenvalue weighted by Gasteiger charge is 2.34. The van der Waals surface area contributed by atoms with E-state index in [1.165, 1.54) is 0 Å². The number of aliphatic hydroxyl groups is 1. The average Bonchev–Trinajstić information content (AvgIpc) is 3.40. The lowest BCUT2D eigenvalue weighted by atomic mass is 9.94. The van der Waals surface area contributed by atoms with E-state index in [1.54, 1.807) is 0 Å². The van der Waals surface area contributed by atoms with Crippen LogP contribution in [0.5, 0.6) is 0 Å². The van der Waals surface area contributed by atoms with Gasteiger partial charge in [-0.2, -0.15) is 0 Å². The van der Waals surface area contributed by atoms with Crippen LogP contribution in [0.15, 0.2) is 60.9 Å². The number of fused-ring (bicyclic) bond motifs is 2. The van der Waals surface area contributed by atoms with E-state index in [0.29, 0.717) is 24.1 Å². The number of benzene rings is 2. The Labute approximate surface area is 173 Å². The molecule has 0 fully saturated rings. The maximum Gasteiger partial charge on any atom is 0.259 e. The fourth-order valence-electron chi connectivity index (χ4n) is 4.36. The molecular weight excluding hydrogens is 378 g/mol. The quantitative estimate of drug-likeness (QED) is 0.507. The highest BCUT2D eigenvalue weighted by molar-refractivity contribution is 6.50. The number of nitrogens with one attached hydrogen (secondary N) is 1. The average molecular weight is 399 g/mol. The third-order valence-electron chi connectivity index (χ3n) is 5.74. The summed E-state index contributed by atoms with van der Waals surface area (Å²) in [5.41, 5.74) is 4.25. The molecular formula is C24H21N3O3. The molecule has 4 aromatic rings. The second kappa shape index (κ2) is 7.00. The van der Waals surface area contributed by atoms with Gasteiger partial charge in [0, 0.05) is 60.0 Å². The first kappa shape index (κ1) is 18.4. The summed E-state index contributed by atoms with van der Waals surface area (Å²) in [5, 5.41) is 13.6. The van der Waals surface area contributed by atoms with E-state index < -0.39 is 0 Å². The van der Waals surface area contributed by atoms with Crippen molar-refractivity contribution >= 4 is 44.8 Å². The van der Waals surface area contributed by atoms with Gasteiger partial charge in [-0.05, 0) is 30.2 Å². The monoisotopic (exact) mass is 399 g/mol. The summed E-state index contributed by atoms with van der Waals surface area (Å²) in [7, 11) is 1.95. The molecule has 1 aliphatic rings. The normalized spacial score (nSPS) is 14.3. The standard InChI is InChI=1S/C24H21N3O3/c1-26-12-10-16-17(7-4-9-19(16)26)21-22(24(30)25-23(21)29)18-14-27(11-5-13-28)20-8-3-2-6-15(18)20/h2-4,6-10,12,14,28H,5,11,13H2,1H3,(H,25,29,30). The molecule has 30 heavy (non-hydrogen) atoms. The molecule has 0 saturated heterocycles. The largest absolute Gasteiger partial charge is 0.396 e. The Balaban J connectivity index is 1.80. The number of aromatic nitrogens is 2. The molecule has 6 heteroatoms. The second-order valence-corrected chi connectivity index (χ2v) is 7.53. The zero-order chi connectivity index (χ0) is 20.8. The Hall–Kier alpha value is -3.64. The lowest BCUT2D eigenvalue weighted by Gasteiger charge is -2.06. The van der Waals surface area contributed by atoms with Crippen molar-refractivity contribution in [3.05, 3.63) is 72.1 Å². The van der Waals surface area contributed by atoms with Crippen LogP contribution in [0.4, 0.5) is 0 Å². The van der Waals surface area contributed by atoms with E-state index in [2.05, 4.69) is 5.32 Å². The van der Waals surface area contributed by atoms with Crippen LogP contribution < -0.4 is 5.32 Å². The molecule has 0 saturated carbocycles. The zero-order valence-electron chi connectivity index (χ0n) is 16.6. The molecule has 0 bridgehead atoms. The molecule has 2 aromatic heterocycles. The summed E-state index contributed by atoms with van der Waals surface area (Å²) in [6.45, 7) is 0.716. The van der Waals surface area contributed by atoms with Crippen LogP contribution in [0.1, 0.15) is 17.5 Å². The number of para-hydroxylation sites is 1. The van der Waals surface area contributed by atoms with Crippen LogP contribution in [0.3, 0.4) is 0 Å². The third-order valence-corrected chi connectivity index (χ3v) is 5.74. The first-order valence-electron chi connectivity index (χ1n) is 9.93. The van der Waals surface area contributed by atoms with Crippen molar-refractivity contribution in [1.29, 1.82) is 0 Å². The minimum atomic E-state index is -0.381. The van der Waals surface area contributed by atoms with Gasteiger partial charge in [0.1, 0.15) is 0 Å². The van der Waals surface area contributed by atoms with Gasteiger partial charge in [0.2, 0.25) is 0 Å². The third kappa shape index (κ3) is 2.69. The number of carbonyl (C=O) groups excluding carboxylic acids is 2. The topological polar surface area (TPSA) is 76.3 Å². The predicted molar refractivity (Wildman–Crippen MR) is 117 cm³/mol. The molecule has 0 unspecified atom stereocenters. The molecule has 6 nitrogen and oxygen atoms in total. The highest BCUT2D eigenvalue weighted by atomic mass is 16.3. The molecule has 0 aliphatic carbocycles. The maximum atomic E-state index is 12.9. The van der Waals surface area contributed by atoms with Gasteiger partial charge in [-0.3, -0.25) is 14.9 Å². The smallest absolute Gasteiger partial charge is 0.259 e. The minimum absolute atomic E-state index is 0.0881. The minimum Gasteiger partial charge on any atom is -0.396 e. The van der Waals surface area contributed by atoms with Crippen LogP contribution in [-0.2, 0) is 23.2 Å². The number of nitrogens with zero attached hydrogens (tertiary/aromatic N) is 2. The summed E-state index contributed by atoms with van der Waals surface area (Å²) in [5.74, 6) is -0.758. The first-order chi connectivity index (χ1) is 14.6. The van der Waals surface area contributed by atoms with Gasteiger partial charge in [-0.1, -0.05) is 30.3 Å². The van der Waals surface area contributed by atoms with E-state index in [1.807, 2.05) is 77.1 Å². The van der Waals surface area contributed by atoms with E-state index in [0.717, 1.165) is 32.9 Å². The van der Waals surface area contributed by atoms with Gasteiger partial charge in [0.15, 0.2) is 0 Å². The van der Waals surface area contributed by atoms with Gasteiger partial charge in [0.05, 0.1) is 11.1 Å². The van der Waals surface area contributed by atoms with Crippen LogP contribution in [0, 0.1) is 0 Å². The van der Waals surface area contributed by atoms with Crippen molar-refractivity contribution < 1.29 is 14.7 Å². The van der Waals surface area contributed by atoms with E-state index in [9.17, 15) is 14.7 Å². The Bertz CT molecular complexity index is 1360. The number of rotatable bonds is 5. The molecule has 2 aromatic carbocycles. The van der Waals surface area contributed by atoms with Crippen molar-refractivity contribution in [3.63, 3.8) is 0 Å². The van der Waals surface area contributed by atoms with Gasteiger partial charge >= 0.3 is 0 Å². The molecule has 5 rings (SSSR count). The van der Waals surface area contributed by atoms with E-state index in [-0.39, 0.29) is 18.4 Å². The van der Waals surface area contributed by atoms with Gasteiger partial charge in [0.25, 0.3) is 11.8 Å². The molecule has 0 spiro atoms. The first-order valence-corrected chi connectivity index (χ1v) is 9.93. The fourth-order valence-corrected chi connectivity index (χ4v) is 4.36. The molecule has 2 amide bonds. The summed E-state index contributed by atoms with van der Waals surface area (Å²) >= 11 is 0. The molecule has 150 valence electrons. The van der Waals surface area contributed by atoms with Gasteiger partial charge < -0.3 is 14.2 Å². The summed E-state index contributed by atoms with van der Waals surface area (Å²) < 4.78 is 4.03. The number of hydrogen-bond acceptors (Lipinski definition) is 3. The van der Waals surface area contributed by atoms with Crippen molar-refractivity contribution in [2.45, 2.75) is 13.0 Å². The number of amides is 2. The lowest BCUT2D eigenvalue weighted by molar-refractivity contribution is -0.122. The number of carbonyl (C=O) groups is 2. The number of imide groups is 1. The molecule has 0 atom stereocenters. The van der Waals surface area contributed by atoms with Crippen LogP contribution in [0.2, 0.25) is 0 Å². The zero-order valence-corrected chi connectivity index (χ0v) is 16.6. The Morgan fingerprint density at radius 2 is 1.57 bits per heavy atom. The number of aryl methyl sites for hydroxylation is 2. The number of hydrogen-bond donors (Lipinski definition) is 2. The molecule has 1 aliphatic heterocycles. The van der Waals surface area contributed by atoms with Crippen LogP contribution in [0.25, 0.3) is 33.0 Å². The second-order valence-electron chi connectivity index (χ2n) is 7.53. The Morgan fingerprint density at radius 3 is 2.37 bits per heavy atom. The van der Waals surface area contributed by atoms with Crippen LogP contribution in [-0.4, -0.2) is 32.7 Å².